The van der Waals surface area contributed by atoms with Crippen LogP contribution in [0.25, 0.3) is 0 Å². The molecule has 4 nitrogen and oxygen atoms in total. The number of hydrogen-bond acceptors (Lipinski definition) is 4. The number of carbonyl (C=O) groups is 1. The van der Waals surface area contributed by atoms with E-state index in [9.17, 15) is 9.36 Å². The Morgan fingerprint density at radius 3 is 2.72 bits per heavy atom. The van der Waals surface area contributed by atoms with Gasteiger partial charge in [-0.15, -0.1) is 0 Å². The van der Waals surface area contributed by atoms with E-state index >= 15 is 0 Å². The van der Waals surface area contributed by atoms with E-state index in [0.29, 0.717) is 30.4 Å². The van der Waals surface area contributed by atoms with Gasteiger partial charge in [-0.05, 0) is 26.0 Å². The Kier molecular flexibility index (Phi) is 6.37. The minimum absolute atomic E-state index is 0.182. The van der Waals surface area contributed by atoms with Crippen LogP contribution in [0.15, 0.2) is 24.3 Å². The van der Waals surface area contributed by atoms with Gasteiger partial charge >= 0.3 is 13.8 Å². The van der Waals surface area contributed by atoms with Crippen molar-refractivity contribution in [2.24, 2.45) is 0 Å². The van der Waals surface area contributed by atoms with Crippen molar-refractivity contribution in [3.63, 3.8) is 0 Å². The van der Waals surface area contributed by atoms with Crippen LogP contribution in [0, 0.1) is 0 Å². The maximum Gasteiger partial charge on any atom is 0.377 e. The monoisotopic (exact) mass is 269 g/mol. The minimum atomic E-state index is -1.58. The molecular weight excluding hydrogens is 251 g/mol. The summed E-state index contributed by atoms with van der Waals surface area (Å²) in [5, 5.41) is 0.709. The first-order valence-electron chi connectivity index (χ1n) is 6.00. The first-order chi connectivity index (χ1) is 8.67. The van der Waals surface area contributed by atoms with E-state index in [1.165, 1.54) is 0 Å². The molecule has 1 atom stereocenters. The lowest BCUT2D eigenvalue weighted by atomic mass is 10.3. The van der Waals surface area contributed by atoms with Crippen LogP contribution >= 0.6 is 7.80 Å². The first-order valence-corrected chi connectivity index (χ1v) is 7.45. The summed E-state index contributed by atoms with van der Waals surface area (Å²) in [6.45, 7) is 4.58. The molecule has 0 saturated carbocycles. The molecule has 0 spiro atoms. The van der Waals surface area contributed by atoms with Crippen LogP contribution in [0.1, 0.15) is 20.3 Å². The standard InChI is InChI=1S/C13H18O4P/c1-3-16-11-6-5-7-12(10-11)18(15)9-8-13(14)17-4-2/h5-7,10H,3-4,8-9H2,1-2H3/q+1. The van der Waals surface area contributed by atoms with Crippen molar-refractivity contribution in [2.45, 2.75) is 20.3 Å². The van der Waals surface area contributed by atoms with Crippen LogP contribution in [0.4, 0.5) is 0 Å². The Morgan fingerprint density at radius 1 is 1.28 bits per heavy atom. The average Bonchev–Trinajstić information content (AvgIpc) is 2.37. The highest BCUT2D eigenvalue weighted by atomic mass is 31.1. The number of benzene rings is 1. The molecule has 0 saturated heterocycles. The molecule has 0 radical (unpaired) electrons. The molecule has 1 unspecified atom stereocenters. The number of carbonyl (C=O) groups excluding carboxylic acids is 1. The molecule has 0 bridgehead atoms. The molecule has 0 aliphatic rings. The summed E-state index contributed by atoms with van der Waals surface area (Å²) in [7, 11) is -1.58. The highest BCUT2D eigenvalue weighted by Gasteiger charge is 2.22. The van der Waals surface area contributed by atoms with Crippen molar-refractivity contribution in [1.82, 2.24) is 0 Å². The van der Waals surface area contributed by atoms with Gasteiger partial charge in [-0.2, -0.15) is 0 Å². The molecule has 1 rings (SSSR count). The molecule has 1 aromatic carbocycles. The van der Waals surface area contributed by atoms with Gasteiger partial charge in [0.2, 0.25) is 0 Å². The Morgan fingerprint density at radius 2 is 2.06 bits per heavy atom. The van der Waals surface area contributed by atoms with Crippen molar-refractivity contribution >= 4 is 19.1 Å². The van der Waals surface area contributed by atoms with Crippen molar-refractivity contribution < 1.29 is 18.8 Å². The molecule has 1 aromatic rings. The fourth-order valence-corrected chi connectivity index (χ4v) is 2.62. The lowest BCUT2D eigenvalue weighted by Gasteiger charge is -2.01. The summed E-state index contributed by atoms with van der Waals surface area (Å²) in [5.74, 6) is 0.399. The van der Waals surface area contributed by atoms with E-state index in [4.69, 9.17) is 9.47 Å². The van der Waals surface area contributed by atoms with Crippen molar-refractivity contribution in [2.75, 3.05) is 19.4 Å². The zero-order chi connectivity index (χ0) is 13.4. The average molecular weight is 269 g/mol. The van der Waals surface area contributed by atoms with Crippen molar-refractivity contribution in [3.8, 4) is 5.75 Å². The van der Waals surface area contributed by atoms with Gasteiger partial charge in [-0.3, -0.25) is 4.79 Å². The van der Waals surface area contributed by atoms with Crippen molar-refractivity contribution in [3.05, 3.63) is 24.3 Å². The quantitative estimate of drug-likeness (QED) is 0.563. The van der Waals surface area contributed by atoms with Gasteiger partial charge in [-0.1, -0.05) is 10.6 Å². The van der Waals surface area contributed by atoms with Gasteiger partial charge in [0, 0.05) is 6.07 Å². The number of esters is 1. The maximum absolute atomic E-state index is 12.0. The third-order valence-electron chi connectivity index (χ3n) is 2.24. The second-order valence-corrected chi connectivity index (χ2v) is 5.31. The van der Waals surface area contributed by atoms with Crippen molar-refractivity contribution in [1.29, 1.82) is 0 Å². The highest BCUT2D eigenvalue weighted by Crippen LogP contribution is 2.23. The molecule has 0 amide bonds. The van der Waals surface area contributed by atoms with Crippen LogP contribution in [-0.2, 0) is 14.1 Å². The third-order valence-corrected chi connectivity index (χ3v) is 3.72. The molecule has 0 aliphatic heterocycles. The topological polar surface area (TPSA) is 52.6 Å². The third kappa shape index (κ3) is 4.84. The fourth-order valence-electron chi connectivity index (χ4n) is 1.45. The maximum atomic E-state index is 12.0. The van der Waals surface area contributed by atoms with E-state index in [2.05, 4.69) is 0 Å². The predicted octanol–water partition coefficient (Wildman–Crippen LogP) is 2.49. The summed E-state index contributed by atoms with van der Waals surface area (Å²) in [6, 6.07) is 7.17. The smallest absolute Gasteiger partial charge is 0.377 e. The predicted molar refractivity (Wildman–Crippen MR) is 71.0 cm³/mol. The fraction of sp³-hybridized carbons (Fsp3) is 0.462. The van der Waals surface area contributed by atoms with E-state index in [0.717, 1.165) is 0 Å². The van der Waals surface area contributed by atoms with E-state index in [1.807, 2.05) is 13.0 Å². The zero-order valence-corrected chi connectivity index (χ0v) is 11.6. The Labute approximate surface area is 108 Å². The number of hydrogen-bond donors (Lipinski definition) is 0. The van der Waals surface area contributed by atoms with Gasteiger partial charge in [-0.25, -0.2) is 0 Å². The molecule has 98 valence electrons. The molecule has 0 aliphatic carbocycles. The largest absolute Gasteiger partial charge is 0.494 e. The van der Waals surface area contributed by atoms with E-state index < -0.39 is 7.80 Å². The SMILES string of the molecule is CCOC(=O)CC[P+](=O)c1cccc(OCC)c1. The second-order valence-electron chi connectivity index (χ2n) is 3.59. The summed E-state index contributed by atoms with van der Waals surface area (Å²) < 4.78 is 22.1. The lowest BCUT2D eigenvalue weighted by Crippen LogP contribution is -2.07. The lowest BCUT2D eigenvalue weighted by molar-refractivity contribution is -0.142. The van der Waals surface area contributed by atoms with Crippen LogP contribution in [-0.4, -0.2) is 25.3 Å². The van der Waals surface area contributed by atoms with Crippen LogP contribution in [0.3, 0.4) is 0 Å². The number of rotatable bonds is 7. The molecule has 0 aromatic heterocycles. The Balaban J connectivity index is 2.55. The summed E-state index contributed by atoms with van der Waals surface area (Å²) in [4.78, 5) is 11.2. The summed E-state index contributed by atoms with van der Waals surface area (Å²) in [6.07, 6.45) is 0.492. The Hall–Kier alpha value is -1.41. The first kappa shape index (κ1) is 14.7. The molecule has 18 heavy (non-hydrogen) atoms. The van der Waals surface area contributed by atoms with Crippen LogP contribution < -0.4 is 10.0 Å². The van der Waals surface area contributed by atoms with E-state index in [1.54, 1.807) is 25.1 Å². The molecule has 0 N–H and O–H groups in total. The highest BCUT2D eigenvalue weighted by molar-refractivity contribution is 7.53. The molecular formula is C13H18O4P+. The Bertz CT molecular complexity index is 417. The van der Waals surface area contributed by atoms with Gasteiger partial charge < -0.3 is 9.47 Å². The molecule has 0 fully saturated rings. The van der Waals surface area contributed by atoms with Crippen LogP contribution in [0.5, 0.6) is 5.75 Å². The number of ether oxygens (including phenoxy) is 2. The minimum Gasteiger partial charge on any atom is -0.494 e. The van der Waals surface area contributed by atoms with Gasteiger partial charge in [0.1, 0.15) is 5.75 Å². The molecule has 0 heterocycles. The van der Waals surface area contributed by atoms with E-state index in [-0.39, 0.29) is 12.4 Å². The second kappa shape index (κ2) is 7.83. The zero-order valence-electron chi connectivity index (χ0n) is 10.7. The van der Waals surface area contributed by atoms with Crippen LogP contribution in [0.2, 0.25) is 0 Å². The normalized spacial score (nSPS) is 10.9. The van der Waals surface area contributed by atoms with Gasteiger partial charge in [0.25, 0.3) is 0 Å². The van der Waals surface area contributed by atoms with Gasteiger partial charge in [0.05, 0.1) is 19.6 Å². The summed E-state index contributed by atoms with van der Waals surface area (Å²) in [5.41, 5.74) is 0. The van der Waals surface area contributed by atoms with Gasteiger partial charge in [0.15, 0.2) is 11.5 Å². The molecule has 5 heteroatoms. The summed E-state index contributed by atoms with van der Waals surface area (Å²) >= 11 is 0.